The van der Waals surface area contributed by atoms with Gasteiger partial charge in [-0.3, -0.25) is 0 Å². The molecule has 1 aliphatic carbocycles. The molecular formula is C15H13FN2OS. The number of hydrogen-bond donors (Lipinski definition) is 1. The monoisotopic (exact) mass is 288 g/mol. The molecule has 0 spiro atoms. The molecule has 3 rings (SSSR count). The molecule has 0 radical (unpaired) electrons. The van der Waals surface area contributed by atoms with Crippen molar-refractivity contribution in [3.8, 4) is 11.6 Å². The summed E-state index contributed by atoms with van der Waals surface area (Å²) in [6, 6.07) is 7.85. The molecule has 0 saturated carbocycles. The number of nitrogens with zero attached hydrogens (tertiary/aromatic N) is 1. The van der Waals surface area contributed by atoms with Crippen LogP contribution in [0.4, 0.5) is 4.39 Å². The summed E-state index contributed by atoms with van der Waals surface area (Å²) < 4.78 is 18.9. The van der Waals surface area contributed by atoms with Crippen LogP contribution in [0.2, 0.25) is 0 Å². The van der Waals surface area contributed by atoms with E-state index >= 15 is 0 Å². The highest BCUT2D eigenvalue weighted by atomic mass is 32.1. The Morgan fingerprint density at radius 1 is 1.30 bits per heavy atom. The highest BCUT2D eigenvalue weighted by Gasteiger charge is 2.19. The number of aryl methyl sites for hydroxylation is 2. The van der Waals surface area contributed by atoms with Gasteiger partial charge in [0.25, 0.3) is 0 Å². The maximum absolute atomic E-state index is 13.2. The molecular weight excluding hydrogens is 275 g/mol. The first-order chi connectivity index (χ1) is 9.63. The number of thiocarbonyl (C=S) groups is 1. The van der Waals surface area contributed by atoms with Crippen LogP contribution in [-0.4, -0.2) is 9.97 Å². The molecule has 0 fully saturated rings. The molecule has 2 N–H and O–H groups in total. The van der Waals surface area contributed by atoms with Gasteiger partial charge in [-0.25, -0.2) is 9.37 Å². The maximum Gasteiger partial charge on any atom is 0.229 e. The van der Waals surface area contributed by atoms with Crippen LogP contribution in [0.3, 0.4) is 0 Å². The van der Waals surface area contributed by atoms with Crippen molar-refractivity contribution in [2.75, 3.05) is 0 Å². The van der Waals surface area contributed by atoms with Gasteiger partial charge in [-0.2, -0.15) is 0 Å². The van der Waals surface area contributed by atoms with Crippen LogP contribution in [0.1, 0.15) is 23.2 Å². The van der Waals surface area contributed by atoms with E-state index in [9.17, 15) is 4.39 Å². The Balaban J connectivity index is 2.01. The Kier molecular flexibility index (Phi) is 3.36. The van der Waals surface area contributed by atoms with Gasteiger partial charge < -0.3 is 10.5 Å². The van der Waals surface area contributed by atoms with Crippen molar-refractivity contribution in [2.24, 2.45) is 5.73 Å². The van der Waals surface area contributed by atoms with E-state index in [0.717, 1.165) is 25.0 Å². The number of pyridine rings is 1. The van der Waals surface area contributed by atoms with Gasteiger partial charge in [-0.05, 0) is 43.0 Å². The molecule has 1 aromatic carbocycles. The maximum atomic E-state index is 13.2. The molecule has 0 aliphatic heterocycles. The minimum Gasteiger partial charge on any atom is -0.438 e. The number of aromatic nitrogens is 1. The van der Waals surface area contributed by atoms with Gasteiger partial charge >= 0.3 is 0 Å². The van der Waals surface area contributed by atoms with E-state index in [-0.39, 0.29) is 10.8 Å². The predicted molar refractivity (Wildman–Crippen MR) is 78.6 cm³/mol. The molecule has 0 atom stereocenters. The first kappa shape index (κ1) is 13.0. The predicted octanol–water partition coefficient (Wildman–Crippen LogP) is 3.14. The van der Waals surface area contributed by atoms with Crippen molar-refractivity contribution in [2.45, 2.75) is 19.3 Å². The zero-order chi connectivity index (χ0) is 14.1. The van der Waals surface area contributed by atoms with Crippen LogP contribution in [0.5, 0.6) is 11.6 Å². The second-order valence-electron chi connectivity index (χ2n) is 4.72. The summed E-state index contributed by atoms with van der Waals surface area (Å²) in [5.74, 6) is 0.372. The summed E-state index contributed by atoms with van der Waals surface area (Å²) in [7, 11) is 0. The van der Waals surface area contributed by atoms with Crippen molar-refractivity contribution in [3.63, 3.8) is 0 Å². The SMILES string of the molecule is NC(=S)c1cc2c(nc1Oc1cccc(F)c1)CCC2. The number of benzene rings is 1. The average molecular weight is 288 g/mol. The topological polar surface area (TPSA) is 48.1 Å². The van der Waals surface area contributed by atoms with Crippen molar-refractivity contribution < 1.29 is 9.13 Å². The lowest BCUT2D eigenvalue weighted by Gasteiger charge is -2.11. The first-order valence-corrected chi connectivity index (χ1v) is 6.80. The van der Waals surface area contributed by atoms with E-state index in [1.54, 1.807) is 12.1 Å². The van der Waals surface area contributed by atoms with E-state index < -0.39 is 0 Å². The van der Waals surface area contributed by atoms with Crippen LogP contribution >= 0.6 is 12.2 Å². The third-order valence-corrected chi connectivity index (χ3v) is 3.51. The molecule has 1 aliphatic rings. The second-order valence-corrected chi connectivity index (χ2v) is 5.16. The van der Waals surface area contributed by atoms with E-state index in [2.05, 4.69) is 4.98 Å². The van der Waals surface area contributed by atoms with E-state index in [1.165, 1.54) is 17.7 Å². The summed E-state index contributed by atoms with van der Waals surface area (Å²) in [6.07, 6.45) is 2.98. The molecule has 0 amide bonds. The zero-order valence-corrected chi connectivity index (χ0v) is 11.5. The van der Waals surface area contributed by atoms with Crippen molar-refractivity contribution in [1.29, 1.82) is 0 Å². The minimum atomic E-state index is -0.361. The fourth-order valence-corrected chi connectivity index (χ4v) is 2.50. The summed E-state index contributed by atoms with van der Waals surface area (Å²) >= 11 is 5.05. The van der Waals surface area contributed by atoms with E-state index in [1.807, 2.05) is 6.07 Å². The van der Waals surface area contributed by atoms with Gasteiger partial charge in [-0.15, -0.1) is 0 Å². The number of nitrogens with two attached hydrogens (primary N) is 1. The summed E-state index contributed by atoms with van der Waals surface area (Å²) in [6.45, 7) is 0. The molecule has 5 heteroatoms. The van der Waals surface area contributed by atoms with Gasteiger partial charge in [0, 0.05) is 11.8 Å². The first-order valence-electron chi connectivity index (χ1n) is 6.39. The molecule has 1 heterocycles. The Bertz CT molecular complexity index is 688. The Labute approximate surface area is 121 Å². The van der Waals surface area contributed by atoms with Crippen LogP contribution in [0.15, 0.2) is 30.3 Å². The normalized spacial score (nSPS) is 13.1. The number of rotatable bonds is 3. The Hall–Kier alpha value is -2.01. The fraction of sp³-hybridized carbons (Fsp3) is 0.200. The molecule has 0 unspecified atom stereocenters. The van der Waals surface area contributed by atoms with Crippen LogP contribution in [0, 0.1) is 5.82 Å². The van der Waals surface area contributed by atoms with Crippen LogP contribution in [-0.2, 0) is 12.8 Å². The quantitative estimate of drug-likeness (QED) is 0.882. The molecule has 3 nitrogen and oxygen atoms in total. The lowest BCUT2D eigenvalue weighted by molar-refractivity contribution is 0.455. The van der Waals surface area contributed by atoms with E-state index in [0.29, 0.717) is 17.2 Å². The van der Waals surface area contributed by atoms with E-state index in [4.69, 9.17) is 22.7 Å². The molecule has 1 aromatic heterocycles. The third kappa shape index (κ3) is 2.49. The van der Waals surface area contributed by atoms with Crippen molar-refractivity contribution in [3.05, 3.63) is 53.0 Å². The molecule has 102 valence electrons. The number of ether oxygens (including phenoxy) is 1. The Morgan fingerprint density at radius 2 is 2.15 bits per heavy atom. The van der Waals surface area contributed by atoms with Gasteiger partial charge in [0.05, 0.1) is 5.56 Å². The Morgan fingerprint density at radius 3 is 2.90 bits per heavy atom. The van der Waals surface area contributed by atoms with Gasteiger partial charge in [0.15, 0.2) is 0 Å². The lowest BCUT2D eigenvalue weighted by atomic mass is 10.1. The number of fused-ring (bicyclic) bond motifs is 1. The largest absolute Gasteiger partial charge is 0.438 e. The number of hydrogen-bond acceptors (Lipinski definition) is 3. The van der Waals surface area contributed by atoms with Gasteiger partial charge in [-0.1, -0.05) is 18.3 Å². The summed E-state index contributed by atoms with van der Waals surface area (Å²) in [5, 5.41) is 0. The van der Waals surface area contributed by atoms with Crippen LogP contribution < -0.4 is 10.5 Å². The van der Waals surface area contributed by atoms with Crippen molar-refractivity contribution in [1.82, 2.24) is 4.98 Å². The highest BCUT2D eigenvalue weighted by Crippen LogP contribution is 2.29. The lowest BCUT2D eigenvalue weighted by Crippen LogP contribution is -2.13. The van der Waals surface area contributed by atoms with Gasteiger partial charge in [0.1, 0.15) is 16.6 Å². The molecule has 20 heavy (non-hydrogen) atoms. The second kappa shape index (κ2) is 5.17. The zero-order valence-electron chi connectivity index (χ0n) is 10.7. The van der Waals surface area contributed by atoms with Crippen LogP contribution in [0.25, 0.3) is 0 Å². The summed E-state index contributed by atoms with van der Waals surface area (Å²) in [4.78, 5) is 4.72. The third-order valence-electron chi connectivity index (χ3n) is 3.29. The van der Waals surface area contributed by atoms with Crippen molar-refractivity contribution >= 4 is 17.2 Å². The minimum absolute atomic E-state index is 0.235. The molecule has 2 aromatic rings. The smallest absolute Gasteiger partial charge is 0.229 e. The standard InChI is InChI=1S/C15H13FN2OS/c16-10-4-2-5-11(8-10)19-15-12(14(17)20)7-9-3-1-6-13(9)18-15/h2,4-5,7-8H,1,3,6H2,(H2,17,20). The molecule has 0 saturated heterocycles. The average Bonchev–Trinajstić information content (AvgIpc) is 2.84. The summed E-state index contributed by atoms with van der Waals surface area (Å²) in [5.41, 5.74) is 8.51. The highest BCUT2D eigenvalue weighted by molar-refractivity contribution is 7.80. The number of halogens is 1. The fourth-order valence-electron chi connectivity index (χ4n) is 2.35. The molecule has 0 bridgehead atoms. The van der Waals surface area contributed by atoms with Gasteiger partial charge in [0.2, 0.25) is 5.88 Å².